The first-order valence-electron chi connectivity index (χ1n) is 10.7. The fourth-order valence-corrected chi connectivity index (χ4v) is 3.53. The summed E-state index contributed by atoms with van der Waals surface area (Å²) in [5.74, 6) is -1.32. The fourth-order valence-electron chi connectivity index (χ4n) is 3.53. The number of nitrogens with one attached hydrogen (secondary N) is 2. The van der Waals surface area contributed by atoms with Crippen molar-refractivity contribution < 1.29 is 14.3 Å². The molecule has 35 heavy (non-hydrogen) atoms. The van der Waals surface area contributed by atoms with Crippen LogP contribution in [0.3, 0.4) is 0 Å². The van der Waals surface area contributed by atoms with Crippen molar-refractivity contribution in [3.05, 3.63) is 93.2 Å². The molecule has 0 aliphatic carbocycles. The number of fused-ring (bicyclic) bond motifs is 1. The Labute approximate surface area is 198 Å². The SMILES string of the molecule is COCCn1cnc2c1c(=O)n(CC(=O)NNC(=O)c1ccncc1)c(=O)n2Cc1ccccc1. The van der Waals surface area contributed by atoms with Crippen LogP contribution in [0.25, 0.3) is 11.2 Å². The minimum absolute atomic E-state index is 0.151. The van der Waals surface area contributed by atoms with Gasteiger partial charge in [0, 0.05) is 31.6 Å². The molecule has 0 spiro atoms. The van der Waals surface area contributed by atoms with Crippen molar-refractivity contribution in [1.82, 2.24) is 34.5 Å². The van der Waals surface area contributed by atoms with E-state index < -0.39 is 29.6 Å². The molecule has 0 saturated carbocycles. The number of nitrogens with zero attached hydrogens (tertiary/aromatic N) is 5. The number of imidazole rings is 1. The van der Waals surface area contributed by atoms with E-state index in [0.717, 1.165) is 10.1 Å². The third-order valence-corrected chi connectivity index (χ3v) is 5.26. The summed E-state index contributed by atoms with van der Waals surface area (Å²) in [6, 6.07) is 12.2. The number of ether oxygens (including phenoxy) is 1. The zero-order valence-electron chi connectivity index (χ0n) is 18.9. The van der Waals surface area contributed by atoms with Crippen LogP contribution in [-0.2, 0) is 29.2 Å². The molecule has 0 saturated heterocycles. The van der Waals surface area contributed by atoms with Crippen LogP contribution in [0.2, 0.25) is 0 Å². The Kier molecular flexibility index (Phi) is 7.12. The number of methoxy groups -OCH3 is 1. The van der Waals surface area contributed by atoms with Crippen LogP contribution in [0.5, 0.6) is 0 Å². The predicted molar refractivity (Wildman–Crippen MR) is 126 cm³/mol. The Balaban J connectivity index is 1.66. The molecule has 2 N–H and O–H groups in total. The van der Waals surface area contributed by atoms with E-state index in [1.807, 2.05) is 30.3 Å². The lowest BCUT2D eigenvalue weighted by atomic mass is 10.2. The molecule has 0 atom stereocenters. The third kappa shape index (κ3) is 5.17. The van der Waals surface area contributed by atoms with Gasteiger partial charge in [0.1, 0.15) is 6.54 Å². The molecule has 0 aliphatic heterocycles. The Morgan fingerprint density at radius 3 is 2.46 bits per heavy atom. The number of amides is 2. The van der Waals surface area contributed by atoms with Crippen molar-refractivity contribution in [1.29, 1.82) is 0 Å². The Bertz CT molecular complexity index is 1460. The number of carbonyl (C=O) groups excluding carboxylic acids is 2. The minimum Gasteiger partial charge on any atom is -0.383 e. The Morgan fingerprint density at radius 1 is 1.00 bits per heavy atom. The van der Waals surface area contributed by atoms with Crippen molar-refractivity contribution in [2.75, 3.05) is 13.7 Å². The van der Waals surface area contributed by atoms with E-state index in [4.69, 9.17) is 4.74 Å². The molecule has 0 fully saturated rings. The predicted octanol–water partition coefficient (Wildman–Crippen LogP) is -0.0894. The molecular weight excluding hydrogens is 454 g/mol. The number of aromatic nitrogens is 5. The smallest absolute Gasteiger partial charge is 0.333 e. The Hall–Kier alpha value is -4.58. The molecule has 0 bridgehead atoms. The lowest BCUT2D eigenvalue weighted by molar-refractivity contribution is -0.122. The van der Waals surface area contributed by atoms with E-state index in [1.54, 1.807) is 4.57 Å². The van der Waals surface area contributed by atoms with Gasteiger partial charge in [-0.25, -0.2) is 14.3 Å². The van der Waals surface area contributed by atoms with Crippen LogP contribution in [0, 0.1) is 0 Å². The van der Waals surface area contributed by atoms with Gasteiger partial charge in [-0.1, -0.05) is 30.3 Å². The quantitative estimate of drug-likeness (QED) is 0.338. The van der Waals surface area contributed by atoms with Crippen molar-refractivity contribution in [2.45, 2.75) is 19.6 Å². The van der Waals surface area contributed by atoms with Crippen molar-refractivity contribution in [3.8, 4) is 0 Å². The topological polar surface area (TPSA) is 142 Å². The lowest BCUT2D eigenvalue weighted by Crippen LogP contribution is -2.48. The molecule has 4 rings (SSSR count). The van der Waals surface area contributed by atoms with E-state index in [1.165, 1.54) is 42.5 Å². The largest absolute Gasteiger partial charge is 0.383 e. The van der Waals surface area contributed by atoms with Crippen molar-refractivity contribution in [2.24, 2.45) is 0 Å². The van der Waals surface area contributed by atoms with Gasteiger partial charge in [-0.3, -0.25) is 34.8 Å². The fraction of sp³-hybridized carbons (Fsp3) is 0.217. The summed E-state index contributed by atoms with van der Waals surface area (Å²) < 4.78 is 8.86. The van der Waals surface area contributed by atoms with Crippen LogP contribution in [0.4, 0.5) is 0 Å². The van der Waals surface area contributed by atoms with Crippen molar-refractivity contribution >= 4 is 23.0 Å². The van der Waals surface area contributed by atoms with Gasteiger partial charge in [0.2, 0.25) is 0 Å². The Morgan fingerprint density at radius 2 is 1.74 bits per heavy atom. The van der Waals surface area contributed by atoms with Gasteiger partial charge >= 0.3 is 5.69 Å². The van der Waals surface area contributed by atoms with E-state index in [-0.39, 0.29) is 23.3 Å². The number of benzene rings is 1. The molecule has 3 aromatic heterocycles. The summed E-state index contributed by atoms with van der Waals surface area (Å²) in [5.41, 5.74) is 4.62. The van der Waals surface area contributed by atoms with E-state index >= 15 is 0 Å². The highest BCUT2D eigenvalue weighted by molar-refractivity contribution is 5.95. The summed E-state index contributed by atoms with van der Waals surface area (Å²) in [6.07, 6.45) is 4.34. The highest BCUT2D eigenvalue weighted by Gasteiger charge is 2.20. The zero-order valence-corrected chi connectivity index (χ0v) is 18.9. The number of carbonyl (C=O) groups is 2. The first-order valence-corrected chi connectivity index (χ1v) is 10.7. The minimum atomic E-state index is -0.750. The number of pyridine rings is 1. The highest BCUT2D eigenvalue weighted by atomic mass is 16.5. The van der Waals surface area contributed by atoms with Gasteiger partial charge in [0.25, 0.3) is 17.4 Å². The van der Waals surface area contributed by atoms with Crippen LogP contribution in [-0.4, -0.2) is 49.2 Å². The highest BCUT2D eigenvalue weighted by Crippen LogP contribution is 2.10. The van der Waals surface area contributed by atoms with Gasteiger partial charge in [-0.05, 0) is 17.7 Å². The van der Waals surface area contributed by atoms with E-state index in [0.29, 0.717) is 13.2 Å². The van der Waals surface area contributed by atoms with Crippen molar-refractivity contribution in [3.63, 3.8) is 0 Å². The average Bonchev–Trinajstić information content (AvgIpc) is 3.31. The molecule has 0 unspecified atom stereocenters. The summed E-state index contributed by atoms with van der Waals surface area (Å²) in [4.78, 5) is 59.4. The number of hydrazine groups is 1. The zero-order chi connectivity index (χ0) is 24.8. The molecule has 180 valence electrons. The second-order valence-corrected chi connectivity index (χ2v) is 7.59. The summed E-state index contributed by atoms with van der Waals surface area (Å²) in [6.45, 7) is 0.205. The monoisotopic (exact) mass is 477 g/mol. The molecule has 3 heterocycles. The molecule has 12 heteroatoms. The molecule has 2 amide bonds. The van der Waals surface area contributed by atoms with Gasteiger partial charge < -0.3 is 9.30 Å². The second-order valence-electron chi connectivity index (χ2n) is 7.59. The lowest BCUT2D eigenvalue weighted by Gasteiger charge is -2.13. The number of hydrogen-bond donors (Lipinski definition) is 2. The molecule has 1 aromatic carbocycles. The number of rotatable bonds is 8. The maximum atomic E-state index is 13.3. The van der Waals surface area contributed by atoms with Crippen LogP contribution < -0.4 is 22.1 Å². The van der Waals surface area contributed by atoms with Gasteiger partial charge in [-0.2, -0.15) is 0 Å². The van der Waals surface area contributed by atoms with E-state index in [9.17, 15) is 19.2 Å². The van der Waals surface area contributed by atoms with Gasteiger partial charge in [0.05, 0.1) is 19.5 Å². The first-order chi connectivity index (χ1) is 17.0. The first kappa shape index (κ1) is 23.6. The van der Waals surface area contributed by atoms with Gasteiger partial charge in [-0.15, -0.1) is 0 Å². The van der Waals surface area contributed by atoms with Gasteiger partial charge in [0.15, 0.2) is 11.2 Å². The summed E-state index contributed by atoms with van der Waals surface area (Å²) >= 11 is 0. The average molecular weight is 477 g/mol. The van der Waals surface area contributed by atoms with Crippen LogP contribution in [0.1, 0.15) is 15.9 Å². The van der Waals surface area contributed by atoms with Crippen LogP contribution >= 0.6 is 0 Å². The maximum Gasteiger partial charge on any atom is 0.333 e. The molecule has 4 aromatic rings. The van der Waals surface area contributed by atoms with E-state index in [2.05, 4.69) is 20.8 Å². The number of hydrogen-bond acceptors (Lipinski definition) is 7. The molecular formula is C23H23N7O5. The molecule has 0 radical (unpaired) electrons. The summed E-state index contributed by atoms with van der Waals surface area (Å²) in [7, 11) is 1.54. The normalized spacial score (nSPS) is 10.9. The summed E-state index contributed by atoms with van der Waals surface area (Å²) in [5, 5.41) is 0. The molecule has 12 nitrogen and oxygen atoms in total. The second kappa shape index (κ2) is 10.6. The third-order valence-electron chi connectivity index (χ3n) is 5.26. The van der Waals surface area contributed by atoms with Crippen LogP contribution in [0.15, 0.2) is 70.8 Å². The standard InChI is InChI=1S/C23H23N7O5/c1-35-12-11-28-15-25-20-19(28)22(33)30(23(34)29(20)13-16-5-3-2-4-6-16)14-18(31)26-27-21(32)17-7-9-24-10-8-17/h2-10,15H,11-14H2,1H3,(H,26,31)(H,27,32). The maximum absolute atomic E-state index is 13.3. The molecule has 0 aliphatic rings.